The van der Waals surface area contributed by atoms with Crippen LogP contribution in [-0.2, 0) is 18.6 Å². The quantitative estimate of drug-likeness (QED) is 0.346. The van der Waals surface area contributed by atoms with Crippen LogP contribution in [0, 0.1) is 11.8 Å². The van der Waals surface area contributed by atoms with Crippen molar-refractivity contribution in [2.75, 3.05) is 26.4 Å². The molecule has 2 aliphatic rings. The van der Waals surface area contributed by atoms with E-state index in [9.17, 15) is 0 Å². The van der Waals surface area contributed by atoms with Crippen molar-refractivity contribution in [3.05, 3.63) is 0 Å². The second kappa shape index (κ2) is 13.3. The fraction of sp³-hybridized carbons (Fsp3) is 1.00. The standard InChI is InChI=1S/C22H44O4Si/c1-5-9-11-22(25-16-18(7-3)20-12-14-23-20)27(26-8-4)17-19(10-6-2)21-13-15-24-21/h18-22,27H,5-17H2,1-4H3. The Kier molecular flexibility index (Phi) is 11.5. The van der Waals surface area contributed by atoms with Crippen molar-refractivity contribution >= 4 is 9.04 Å². The van der Waals surface area contributed by atoms with Gasteiger partial charge in [-0.1, -0.05) is 40.0 Å². The van der Waals surface area contributed by atoms with E-state index < -0.39 is 9.04 Å². The highest BCUT2D eigenvalue weighted by Gasteiger charge is 2.35. The Morgan fingerprint density at radius 1 is 0.926 bits per heavy atom. The number of hydrogen-bond donors (Lipinski definition) is 0. The molecule has 2 heterocycles. The molecule has 2 rings (SSSR count). The van der Waals surface area contributed by atoms with Gasteiger partial charge in [-0.3, -0.25) is 0 Å². The minimum absolute atomic E-state index is 0.332. The molecule has 0 saturated carbocycles. The molecule has 2 saturated heterocycles. The van der Waals surface area contributed by atoms with Crippen LogP contribution in [0.5, 0.6) is 0 Å². The smallest absolute Gasteiger partial charge is 0.205 e. The maximum absolute atomic E-state index is 6.60. The Labute approximate surface area is 169 Å². The van der Waals surface area contributed by atoms with E-state index in [0.29, 0.717) is 29.8 Å². The van der Waals surface area contributed by atoms with E-state index in [0.717, 1.165) is 39.3 Å². The molecule has 0 aromatic rings. The molecule has 0 N–H and O–H groups in total. The summed E-state index contributed by atoms with van der Waals surface area (Å²) in [6.07, 6.45) is 10.6. The van der Waals surface area contributed by atoms with Crippen molar-refractivity contribution in [1.29, 1.82) is 0 Å². The first-order chi connectivity index (χ1) is 13.2. The van der Waals surface area contributed by atoms with Gasteiger partial charge in [-0.2, -0.15) is 0 Å². The highest BCUT2D eigenvalue weighted by atomic mass is 28.3. The Bertz CT molecular complexity index is 373. The summed E-state index contributed by atoms with van der Waals surface area (Å²) >= 11 is 0. The first-order valence-corrected chi connectivity index (χ1v) is 13.6. The minimum Gasteiger partial charge on any atom is -0.418 e. The van der Waals surface area contributed by atoms with Crippen molar-refractivity contribution in [3.8, 4) is 0 Å². The van der Waals surface area contributed by atoms with Crippen molar-refractivity contribution in [2.45, 2.75) is 103 Å². The van der Waals surface area contributed by atoms with Gasteiger partial charge in [-0.05, 0) is 51.0 Å². The van der Waals surface area contributed by atoms with Crippen molar-refractivity contribution in [2.24, 2.45) is 11.8 Å². The molecular weight excluding hydrogens is 356 g/mol. The SMILES string of the molecule is CCCCC(OCC(CC)C1CCO1)[SiH](CC(CCC)C1CCO1)OCC. The molecule has 0 aromatic heterocycles. The van der Waals surface area contributed by atoms with Crippen molar-refractivity contribution in [1.82, 2.24) is 0 Å². The van der Waals surface area contributed by atoms with Gasteiger partial charge in [0, 0.05) is 25.7 Å². The van der Waals surface area contributed by atoms with Gasteiger partial charge >= 0.3 is 0 Å². The van der Waals surface area contributed by atoms with E-state index in [-0.39, 0.29) is 0 Å². The lowest BCUT2D eigenvalue weighted by Crippen LogP contribution is -2.44. The van der Waals surface area contributed by atoms with Crippen molar-refractivity contribution in [3.63, 3.8) is 0 Å². The van der Waals surface area contributed by atoms with Crippen LogP contribution >= 0.6 is 0 Å². The van der Waals surface area contributed by atoms with Gasteiger partial charge in [0.2, 0.25) is 9.04 Å². The third kappa shape index (κ3) is 7.43. The van der Waals surface area contributed by atoms with Crippen LogP contribution < -0.4 is 0 Å². The molecule has 2 fully saturated rings. The van der Waals surface area contributed by atoms with E-state index in [1.54, 1.807) is 0 Å². The molecular formula is C22H44O4Si. The summed E-state index contributed by atoms with van der Waals surface area (Å²) in [7, 11) is -1.44. The Morgan fingerprint density at radius 3 is 2.07 bits per heavy atom. The average Bonchev–Trinajstić information content (AvgIpc) is 2.57. The Morgan fingerprint density at radius 2 is 1.59 bits per heavy atom. The highest BCUT2D eigenvalue weighted by Crippen LogP contribution is 2.31. The fourth-order valence-corrected chi connectivity index (χ4v) is 7.59. The maximum atomic E-state index is 6.60. The monoisotopic (exact) mass is 400 g/mol. The fourth-order valence-electron chi connectivity index (χ4n) is 4.43. The number of ether oxygens (including phenoxy) is 3. The first kappa shape index (κ1) is 23.3. The number of rotatable bonds is 16. The molecule has 5 heteroatoms. The second-order valence-corrected chi connectivity index (χ2v) is 11.0. The molecule has 6 unspecified atom stereocenters. The zero-order valence-corrected chi connectivity index (χ0v) is 19.4. The zero-order valence-electron chi connectivity index (χ0n) is 18.3. The number of unbranched alkanes of at least 4 members (excludes halogenated alkanes) is 1. The van der Waals surface area contributed by atoms with Crippen LogP contribution in [0.2, 0.25) is 6.04 Å². The van der Waals surface area contributed by atoms with E-state index >= 15 is 0 Å². The van der Waals surface area contributed by atoms with Gasteiger partial charge in [0.25, 0.3) is 0 Å². The van der Waals surface area contributed by atoms with Gasteiger partial charge in [-0.25, -0.2) is 0 Å². The van der Waals surface area contributed by atoms with E-state index in [2.05, 4.69) is 27.7 Å². The Balaban J connectivity index is 1.96. The third-order valence-electron chi connectivity index (χ3n) is 6.40. The molecule has 0 bridgehead atoms. The molecule has 6 atom stereocenters. The first-order valence-electron chi connectivity index (χ1n) is 11.7. The van der Waals surface area contributed by atoms with Gasteiger partial charge in [0.1, 0.15) is 0 Å². The molecule has 0 radical (unpaired) electrons. The number of hydrogen-bond acceptors (Lipinski definition) is 4. The summed E-state index contributed by atoms with van der Waals surface area (Å²) in [4.78, 5) is 0. The van der Waals surface area contributed by atoms with Gasteiger partial charge < -0.3 is 18.6 Å². The summed E-state index contributed by atoms with van der Waals surface area (Å²) in [5.41, 5.74) is 0.332. The molecule has 0 aliphatic carbocycles. The minimum atomic E-state index is -1.44. The Hall–Kier alpha value is 0.0569. The summed E-state index contributed by atoms with van der Waals surface area (Å²) < 4.78 is 24.6. The lowest BCUT2D eigenvalue weighted by Gasteiger charge is -2.38. The normalized spacial score (nSPS) is 26.7. The van der Waals surface area contributed by atoms with Crippen LogP contribution in [0.15, 0.2) is 0 Å². The van der Waals surface area contributed by atoms with Crippen molar-refractivity contribution < 1.29 is 18.6 Å². The summed E-state index contributed by atoms with van der Waals surface area (Å²) in [6, 6.07) is 1.21. The molecule has 2 aliphatic heterocycles. The molecule has 160 valence electrons. The predicted molar refractivity (Wildman–Crippen MR) is 114 cm³/mol. The lowest BCUT2D eigenvalue weighted by molar-refractivity contribution is -0.107. The largest absolute Gasteiger partial charge is 0.418 e. The predicted octanol–water partition coefficient (Wildman–Crippen LogP) is 4.88. The van der Waals surface area contributed by atoms with E-state index in [1.165, 1.54) is 44.6 Å². The van der Waals surface area contributed by atoms with Crippen LogP contribution in [0.1, 0.15) is 79.1 Å². The van der Waals surface area contributed by atoms with Gasteiger partial charge in [0.05, 0.1) is 24.5 Å². The van der Waals surface area contributed by atoms with E-state index in [1.807, 2.05) is 0 Å². The second-order valence-electron chi connectivity index (χ2n) is 8.36. The third-order valence-corrected chi connectivity index (χ3v) is 9.59. The van der Waals surface area contributed by atoms with Crippen LogP contribution in [0.4, 0.5) is 0 Å². The lowest BCUT2D eigenvalue weighted by atomic mass is 9.94. The topological polar surface area (TPSA) is 36.9 Å². The van der Waals surface area contributed by atoms with Gasteiger partial charge in [0.15, 0.2) is 0 Å². The van der Waals surface area contributed by atoms with Crippen LogP contribution in [0.25, 0.3) is 0 Å². The zero-order chi connectivity index (χ0) is 19.5. The maximum Gasteiger partial charge on any atom is 0.205 e. The summed E-state index contributed by atoms with van der Waals surface area (Å²) in [6.45, 7) is 12.5. The van der Waals surface area contributed by atoms with E-state index in [4.69, 9.17) is 18.6 Å². The molecule has 0 spiro atoms. The van der Waals surface area contributed by atoms with Gasteiger partial charge in [-0.15, -0.1) is 0 Å². The van der Waals surface area contributed by atoms with Crippen LogP contribution in [-0.4, -0.2) is 53.4 Å². The average molecular weight is 401 g/mol. The highest BCUT2D eigenvalue weighted by molar-refractivity contribution is 6.53. The molecule has 4 nitrogen and oxygen atoms in total. The summed E-state index contributed by atoms with van der Waals surface area (Å²) in [5, 5.41) is 0. The molecule has 27 heavy (non-hydrogen) atoms. The summed E-state index contributed by atoms with van der Waals surface area (Å²) in [5.74, 6) is 1.21. The molecule has 0 aromatic carbocycles. The molecule has 0 amide bonds. The van der Waals surface area contributed by atoms with Crippen LogP contribution in [0.3, 0.4) is 0 Å².